The Kier molecular flexibility index (Phi) is 7.04. The van der Waals surface area contributed by atoms with Crippen molar-refractivity contribution >= 4 is 23.2 Å². The minimum absolute atomic E-state index is 0.0586. The van der Waals surface area contributed by atoms with Crippen LogP contribution in [-0.2, 0) is 10.2 Å². The van der Waals surface area contributed by atoms with Gasteiger partial charge in [0, 0.05) is 31.7 Å². The Balaban J connectivity index is 1.36. The average Bonchev–Trinajstić information content (AvgIpc) is 2.98. The zero-order valence-electron chi connectivity index (χ0n) is 21.0. The van der Waals surface area contributed by atoms with Crippen LogP contribution in [0.3, 0.4) is 0 Å². The molecule has 5 rings (SSSR count). The molecule has 5 heteroatoms. The molecule has 1 N–H and O–H groups in total. The molecule has 0 radical (unpaired) electrons. The number of carbonyl (C=O) groups is 2. The molecule has 1 aliphatic rings. The smallest absolute Gasteiger partial charge is 0.253 e. The maximum Gasteiger partial charge on any atom is 0.253 e. The Morgan fingerprint density at radius 1 is 0.649 bits per heavy atom. The molecule has 0 atom stereocenters. The Morgan fingerprint density at radius 3 is 1.70 bits per heavy atom. The molecular weight excluding hydrogens is 458 g/mol. The lowest BCUT2D eigenvalue weighted by atomic mass is 9.75. The van der Waals surface area contributed by atoms with Gasteiger partial charge >= 0.3 is 0 Å². The van der Waals surface area contributed by atoms with Gasteiger partial charge in [-0.15, -0.1) is 0 Å². The molecule has 0 spiro atoms. The summed E-state index contributed by atoms with van der Waals surface area (Å²) in [5.74, 6) is -0.0291. The lowest BCUT2D eigenvalue weighted by Crippen LogP contribution is -2.49. The molecule has 0 unspecified atom stereocenters. The van der Waals surface area contributed by atoms with Crippen LogP contribution < -0.4 is 10.2 Å². The second kappa shape index (κ2) is 10.7. The van der Waals surface area contributed by atoms with Gasteiger partial charge in [-0.1, -0.05) is 91.0 Å². The zero-order chi connectivity index (χ0) is 25.7. The first kappa shape index (κ1) is 24.3. The van der Waals surface area contributed by atoms with Gasteiger partial charge in [0.25, 0.3) is 5.91 Å². The van der Waals surface area contributed by atoms with Crippen LogP contribution in [-0.4, -0.2) is 42.9 Å². The molecule has 1 heterocycles. The normalized spacial score (nSPS) is 13.8. The number of hydrogen-bond acceptors (Lipinski definition) is 3. The van der Waals surface area contributed by atoms with Gasteiger partial charge < -0.3 is 15.1 Å². The van der Waals surface area contributed by atoms with E-state index in [1.165, 1.54) is 0 Å². The number of benzene rings is 4. The van der Waals surface area contributed by atoms with Crippen LogP contribution in [0, 0.1) is 0 Å². The van der Waals surface area contributed by atoms with Crippen molar-refractivity contribution in [3.63, 3.8) is 0 Å². The van der Waals surface area contributed by atoms with Gasteiger partial charge in [-0.25, -0.2) is 0 Å². The van der Waals surface area contributed by atoms with Crippen molar-refractivity contribution in [2.75, 3.05) is 36.4 Å². The summed E-state index contributed by atoms with van der Waals surface area (Å²) >= 11 is 0. The molecule has 1 saturated heterocycles. The largest absolute Gasteiger partial charge is 0.366 e. The summed E-state index contributed by atoms with van der Waals surface area (Å²) in [6.07, 6.45) is 0. The maximum atomic E-state index is 14.0. The molecule has 186 valence electrons. The first-order valence-electron chi connectivity index (χ1n) is 12.7. The summed E-state index contributed by atoms with van der Waals surface area (Å²) in [5.41, 5.74) is 3.45. The molecule has 0 aliphatic carbocycles. The quantitative estimate of drug-likeness (QED) is 0.384. The third-order valence-electron chi connectivity index (χ3n) is 7.24. The molecule has 5 nitrogen and oxygen atoms in total. The topological polar surface area (TPSA) is 52.7 Å². The number of nitrogens with one attached hydrogen (secondary N) is 1. The monoisotopic (exact) mass is 489 g/mol. The highest BCUT2D eigenvalue weighted by molar-refractivity contribution is 6.03. The number of para-hydroxylation sites is 2. The Morgan fingerprint density at radius 2 is 1.14 bits per heavy atom. The van der Waals surface area contributed by atoms with E-state index in [2.05, 4.69) is 10.2 Å². The van der Waals surface area contributed by atoms with E-state index in [1.54, 1.807) is 0 Å². The first-order valence-corrected chi connectivity index (χ1v) is 12.7. The van der Waals surface area contributed by atoms with Gasteiger partial charge in [0.05, 0.1) is 16.8 Å². The third kappa shape index (κ3) is 4.98. The van der Waals surface area contributed by atoms with Gasteiger partial charge in [0.15, 0.2) is 0 Å². The summed E-state index contributed by atoms with van der Waals surface area (Å²) in [7, 11) is 0. The fourth-order valence-corrected chi connectivity index (χ4v) is 4.99. The minimum Gasteiger partial charge on any atom is -0.366 e. The van der Waals surface area contributed by atoms with Crippen molar-refractivity contribution in [3.8, 4) is 0 Å². The van der Waals surface area contributed by atoms with Gasteiger partial charge in [-0.3, -0.25) is 9.59 Å². The Hall–Kier alpha value is -4.38. The summed E-state index contributed by atoms with van der Waals surface area (Å²) in [4.78, 5) is 31.0. The second-order valence-electron chi connectivity index (χ2n) is 9.47. The molecule has 37 heavy (non-hydrogen) atoms. The van der Waals surface area contributed by atoms with Crippen LogP contribution in [0.4, 0.5) is 11.4 Å². The molecule has 0 saturated carbocycles. The number of piperazine rings is 1. The van der Waals surface area contributed by atoms with Crippen molar-refractivity contribution in [2.45, 2.75) is 12.3 Å². The van der Waals surface area contributed by atoms with Crippen molar-refractivity contribution in [1.82, 2.24) is 4.90 Å². The second-order valence-corrected chi connectivity index (χ2v) is 9.47. The average molecular weight is 490 g/mol. The highest BCUT2D eigenvalue weighted by Crippen LogP contribution is 2.35. The van der Waals surface area contributed by atoms with Crippen molar-refractivity contribution in [1.29, 1.82) is 0 Å². The van der Waals surface area contributed by atoms with Crippen molar-refractivity contribution in [2.24, 2.45) is 0 Å². The van der Waals surface area contributed by atoms with E-state index >= 15 is 0 Å². The number of rotatable bonds is 6. The summed E-state index contributed by atoms with van der Waals surface area (Å²) < 4.78 is 0. The first-order chi connectivity index (χ1) is 18.1. The predicted molar refractivity (Wildman–Crippen MR) is 149 cm³/mol. The highest BCUT2D eigenvalue weighted by atomic mass is 16.2. The van der Waals surface area contributed by atoms with Gasteiger partial charge in [-0.05, 0) is 42.3 Å². The Labute approximate surface area is 218 Å². The Bertz CT molecular complexity index is 1310. The van der Waals surface area contributed by atoms with E-state index < -0.39 is 5.41 Å². The molecule has 0 bridgehead atoms. The van der Waals surface area contributed by atoms with E-state index in [9.17, 15) is 9.59 Å². The fourth-order valence-electron chi connectivity index (χ4n) is 4.99. The number of hydrogen-bond donors (Lipinski definition) is 1. The molecule has 0 aromatic heterocycles. The van der Waals surface area contributed by atoms with Crippen LogP contribution in [0.1, 0.15) is 28.4 Å². The van der Waals surface area contributed by atoms with Crippen LogP contribution in [0.5, 0.6) is 0 Å². The number of amides is 2. The van der Waals surface area contributed by atoms with E-state index in [4.69, 9.17) is 0 Å². The van der Waals surface area contributed by atoms with Crippen LogP contribution >= 0.6 is 0 Å². The highest BCUT2D eigenvalue weighted by Gasteiger charge is 2.37. The zero-order valence-corrected chi connectivity index (χ0v) is 21.0. The SMILES string of the molecule is CC(C(=O)Nc1ccccc1N1CCN(C(=O)c2ccccc2)CC1)(c1ccccc1)c1ccccc1. The molecule has 4 aromatic carbocycles. The van der Waals surface area contributed by atoms with E-state index in [0.29, 0.717) is 31.7 Å². The van der Waals surface area contributed by atoms with Crippen LogP contribution in [0.15, 0.2) is 115 Å². The number of nitrogens with zero attached hydrogens (tertiary/aromatic N) is 2. The standard InChI is InChI=1S/C32H31N3O2/c1-32(26-15-7-3-8-16-26,27-17-9-4-10-18-27)31(37)33-28-19-11-12-20-29(28)34-21-23-35(24-22-34)30(36)25-13-5-2-6-14-25/h2-20H,21-24H2,1H3,(H,33,37). The van der Waals surface area contributed by atoms with Gasteiger partial charge in [0.1, 0.15) is 0 Å². The van der Waals surface area contributed by atoms with Gasteiger partial charge in [-0.2, -0.15) is 0 Å². The van der Waals surface area contributed by atoms with Gasteiger partial charge in [0.2, 0.25) is 5.91 Å². The lowest BCUT2D eigenvalue weighted by Gasteiger charge is -2.37. The molecule has 4 aromatic rings. The van der Waals surface area contributed by atoms with Crippen molar-refractivity contribution < 1.29 is 9.59 Å². The maximum absolute atomic E-state index is 14.0. The molecule has 1 aliphatic heterocycles. The number of carbonyl (C=O) groups excluding carboxylic acids is 2. The van der Waals surface area contributed by atoms with E-state index in [1.807, 2.05) is 127 Å². The summed E-state index contributed by atoms with van der Waals surface area (Å²) in [6.45, 7) is 4.62. The molecule has 2 amide bonds. The van der Waals surface area contributed by atoms with Crippen LogP contribution in [0.2, 0.25) is 0 Å². The summed E-state index contributed by atoms with van der Waals surface area (Å²) in [5, 5.41) is 3.24. The lowest BCUT2D eigenvalue weighted by molar-refractivity contribution is -0.119. The number of anilines is 2. The van der Waals surface area contributed by atoms with Crippen molar-refractivity contribution in [3.05, 3.63) is 132 Å². The van der Waals surface area contributed by atoms with Crippen LogP contribution in [0.25, 0.3) is 0 Å². The van der Waals surface area contributed by atoms with E-state index in [0.717, 1.165) is 22.5 Å². The summed E-state index contributed by atoms with van der Waals surface area (Å²) in [6, 6.07) is 37.1. The molecular formula is C32H31N3O2. The predicted octanol–water partition coefficient (Wildman–Crippen LogP) is 5.59. The minimum atomic E-state index is -0.865. The fraction of sp³-hybridized carbons (Fsp3) is 0.188. The van der Waals surface area contributed by atoms with E-state index in [-0.39, 0.29) is 11.8 Å². The molecule has 1 fully saturated rings. The third-order valence-corrected chi connectivity index (χ3v) is 7.24.